The molecule has 5 heteroatoms. The molecule has 3 N–H and O–H groups in total. The molecular formula is C19H21N5. The molecule has 0 bridgehead atoms. The van der Waals surface area contributed by atoms with Crippen LogP contribution in [0.3, 0.4) is 0 Å². The fraction of sp³-hybridized carbons (Fsp3) is 0.263. The van der Waals surface area contributed by atoms with Crippen molar-refractivity contribution in [2.45, 2.75) is 32.4 Å². The van der Waals surface area contributed by atoms with Gasteiger partial charge in [0.15, 0.2) is 12.1 Å². The highest BCUT2D eigenvalue weighted by atomic mass is 15.4. The Kier molecular flexibility index (Phi) is 3.13. The number of hydrogen-bond donors (Lipinski definition) is 2. The highest BCUT2D eigenvalue weighted by Gasteiger charge is 2.25. The van der Waals surface area contributed by atoms with Crippen LogP contribution in [0.15, 0.2) is 53.5 Å². The summed E-state index contributed by atoms with van der Waals surface area (Å²) >= 11 is 0. The number of fused-ring (bicyclic) bond motifs is 3. The smallest absolute Gasteiger partial charge is 0.212 e. The first-order valence-corrected chi connectivity index (χ1v) is 8.11. The minimum absolute atomic E-state index is 0.127. The number of rotatable bonds is 1. The van der Waals surface area contributed by atoms with Crippen LogP contribution < -0.4 is 11.1 Å². The van der Waals surface area contributed by atoms with Gasteiger partial charge in [0.1, 0.15) is 0 Å². The number of guanidine groups is 1. The van der Waals surface area contributed by atoms with Gasteiger partial charge in [0.2, 0.25) is 5.95 Å². The van der Waals surface area contributed by atoms with Crippen LogP contribution in [-0.4, -0.2) is 15.5 Å². The zero-order valence-electron chi connectivity index (χ0n) is 14.1. The maximum absolute atomic E-state index is 5.98. The van der Waals surface area contributed by atoms with Crippen molar-refractivity contribution in [1.29, 1.82) is 0 Å². The van der Waals surface area contributed by atoms with Gasteiger partial charge in [0, 0.05) is 0 Å². The molecule has 0 saturated heterocycles. The highest BCUT2D eigenvalue weighted by Crippen LogP contribution is 2.33. The summed E-state index contributed by atoms with van der Waals surface area (Å²) < 4.78 is 2.10. The lowest BCUT2D eigenvalue weighted by Crippen LogP contribution is -2.31. The van der Waals surface area contributed by atoms with Gasteiger partial charge in [-0.25, -0.2) is 9.98 Å². The number of nitrogens with two attached hydrogens (primary N) is 1. The number of nitrogens with zero attached hydrogens (tertiary/aromatic N) is 3. The first kappa shape index (κ1) is 14.8. The highest BCUT2D eigenvalue weighted by molar-refractivity contribution is 5.94. The van der Waals surface area contributed by atoms with Gasteiger partial charge in [-0.15, -0.1) is 0 Å². The van der Waals surface area contributed by atoms with Crippen molar-refractivity contribution < 1.29 is 0 Å². The van der Waals surface area contributed by atoms with Crippen molar-refractivity contribution in [1.82, 2.24) is 9.55 Å². The van der Waals surface area contributed by atoms with Gasteiger partial charge in [-0.2, -0.15) is 0 Å². The third-order valence-electron chi connectivity index (χ3n) is 4.42. The van der Waals surface area contributed by atoms with Gasteiger partial charge < -0.3 is 5.73 Å². The van der Waals surface area contributed by atoms with Crippen LogP contribution in [0.25, 0.3) is 11.0 Å². The van der Waals surface area contributed by atoms with E-state index < -0.39 is 0 Å². The van der Waals surface area contributed by atoms with E-state index in [-0.39, 0.29) is 11.6 Å². The minimum Gasteiger partial charge on any atom is -0.370 e. The lowest BCUT2D eigenvalue weighted by atomic mass is 9.86. The minimum atomic E-state index is -0.206. The average molecular weight is 319 g/mol. The first-order valence-electron chi connectivity index (χ1n) is 8.11. The molecular weight excluding hydrogens is 298 g/mol. The van der Waals surface area contributed by atoms with Crippen molar-refractivity contribution in [2.24, 2.45) is 10.7 Å². The molecule has 0 fully saturated rings. The largest absolute Gasteiger partial charge is 0.370 e. The summed E-state index contributed by atoms with van der Waals surface area (Å²) in [5.74, 6) is 1.12. The van der Waals surface area contributed by atoms with E-state index in [2.05, 4.69) is 71.0 Å². The molecule has 1 aliphatic rings. The van der Waals surface area contributed by atoms with Gasteiger partial charge >= 0.3 is 0 Å². The Morgan fingerprint density at radius 1 is 1.04 bits per heavy atom. The van der Waals surface area contributed by atoms with E-state index in [1.54, 1.807) is 0 Å². The average Bonchev–Trinajstić information content (AvgIpc) is 2.91. The number of para-hydroxylation sites is 2. The number of imidazole rings is 1. The summed E-state index contributed by atoms with van der Waals surface area (Å²) in [5.41, 5.74) is 10.5. The molecule has 0 saturated carbocycles. The Balaban J connectivity index is 1.85. The third-order valence-corrected chi connectivity index (χ3v) is 4.42. The van der Waals surface area contributed by atoms with E-state index in [0.717, 1.165) is 22.5 Å². The van der Waals surface area contributed by atoms with Gasteiger partial charge in [-0.1, -0.05) is 57.2 Å². The number of hydrogen-bond acceptors (Lipinski definition) is 4. The second-order valence-electron chi connectivity index (χ2n) is 7.18. The standard InChI is InChI=1S/C19H21N5/c1-19(2,3)13-10-8-12(9-11-13)16-22-17(20)23-18-21-14-6-4-5-7-15(14)24(16)18/h4-11,16H,1-3H3,(H3,20,21,22,23)/t16-/m1/s1. The lowest BCUT2D eigenvalue weighted by molar-refractivity contribution is 0.587. The molecule has 3 aromatic rings. The monoisotopic (exact) mass is 319 g/mol. The normalized spacial score (nSPS) is 17.3. The number of aromatic nitrogens is 2. The molecule has 1 aromatic heterocycles. The van der Waals surface area contributed by atoms with Crippen LogP contribution in [0.4, 0.5) is 5.95 Å². The summed E-state index contributed by atoms with van der Waals surface area (Å²) in [7, 11) is 0. The van der Waals surface area contributed by atoms with Gasteiger partial charge in [-0.3, -0.25) is 9.88 Å². The Morgan fingerprint density at radius 2 is 1.75 bits per heavy atom. The summed E-state index contributed by atoms with van der Waals surface area (Å²) in [6.45, 7) is 6.64. The van der Waals surface area contributed by atoms with E-state index >= 15 is 0 Å². The van der Waals surface area contributed by atoms with Crippen molar-refractivity contribution in [3.05, 3.63) is 59.7 Å². The van der Waals surface area contributed by atoms with Crippen LogP contribution in [0.2, 0.25) is 0 Å². The van der Waals surface area contributed by atoms with Gasteiger partial charge in [0.25, 0.3) is 0 Å². The van der Waals surface area contributed by atoms with E-state index in [0.29, 0.717) is 5.96 Å². The van der Waals surface area contributed by atoms with Crippen LogP contribution in [0.1, 0.15) is 38.1 Å². The van der Waals surface area contributed by atoms with Crippen LogP contribution in [-0.2, 0) is 5.41 Å². The molecule has 1 atom stereocenters. The molecule has 0 aliphatic carbocycles. The predicted molar refractivity (Wildman–Crippen MR) is 98.3 cm³/mol. The zero-order chi connectivity index (χ0) is 16.9. The fourth-order valence-electron chi connectivity index (χ4n) is 3.10. The van der Waals surface area contributed by atoms with E-state index in [1.165, 1.54) is 5.56 Å². The maximum Gasteiger partial charge on any atom is 0.212 e. The molecule has 2 aromatic carbocycles. The summed E-state index contributed by atoms with van der Waals surface area (Å²) in [6, 6.07) is 16.7. The van der Waals surface area contributed by atoms with E-state index in [1.807, 2.05) is 18.2 Å². The van der Waals surface area contributed by atoms with Crippen molar-refractivity contribution in [3.63, 3.8) is 0 Å². The lowest BCUT2D eigenvalue weighted by Gasteiger charge is -2.25. The van der Waals surface area contributed by atoms with Crippen molar-refractivity contribution in [3.8, 4) is 0 Å². The summed E-state index contributed by atoms with van der Waals surface area (Å²) in [5, 5.41) is 3.06. The Labute approximate surface area is 141 Å². The van der Waals surface area contributed by atoms with Gasteiger partial charge in [-0.05, 0) is 28.7 Å². The summed E-state index contributed by atoms with van der Waals surface area (Å²) in [4.78, 5) is 9.24. The Hall–Kier alpha value is -2.82. The number of nitrogens with one attached hydrogen (secondary N) is 1. The van der Waals surface area contributed by atoms with E-state index in [9.17, 15) is 0 Å². The molecule has 5 nitrogen and oxygen atoms in total. The molecule has 122 valence electrons. The predicted octanol–water partition coefficient (Wildman–Crippen LogP) is 3.62. The topological polar surface area (TPSA) is 68.2 Å². The molecule has 0 unspecified atom stereocenters. The number of benzene rings is 2. The molecule has 24 heavy (non-hydrogen) atoms. The molecule has 0 amide bonds. The molecule has 0 radical (unpaired) electrons. The zero-order valence-corrected chi connectivity index (χ0v) is 14.1. The maximum atomic E-state index is 5.98. The van der Waals surface area contributed by atoms with Crippen LogP contribution >= 0.6 is 0 Å². The quantitative estimate of drug-likeness (QED) is 0.720. The fourth-order valence-corrected chi connectivity index (χ4v) is 3.10. The third kappa shape index (κ3) is 2.33. The Morgan fingerprint density at radius 3 is 2.46 bits per heavy atom. The molecule has 2 heterocycles. The molecule has 4 rings (SSSR count). The SMILES string of the molecule is CC(C)(C)c1ccc([C@@H]2N=C(N)Nc3nc4ccccc4n32)cc1. The van der Waals surface area contributed by atoms with Gasteiger partial charge in [0.05, 0.1) is 11.0 Å². The second kappa shape index (κ2) is 5.09. The van der Waals surface area contributed by atoms with Crippen LogP contribution in [0.5, 0.6) is 0 Å². The second-order valence-corrected chi connectivity index (χ2v) is 7.18. The summed E-state index contributed by atoms with van der Waals surface area (Å²) in [6.07, 6.45) is -0.206. The Bertz CT molecular complexity index is 929. The van der Waals surface area contributed by atoms with Crippen molar-refractivity contribution in [2.75, 3.05) is 5.32 Å². The van der Waals surface area contributed by atoms with Crippen LogP contribution in [0, 0.1) is 0 Å². The molecule has 1 aliphatic heterocycles. The molecule has 0 spiro atoms. The number of aliphatic imine (C=N–C) groups is 1. The number of anilines is 1. The van der Waals surface area contributed by atoms with E-state index in [4.69, 9.17) is 5.73 Å². The van der Waals surface area contributed by atoms with Crippen molar-refractivity contribution >= 4 is 22.9 Å². The first-order chi connectivity index (χ1) is 11.4.